The van der Waals surface area contributed by atoms with Gasteiger partial charge in [-0.25, -0.2) is 15.0 Å². The van der Waals surface area contributed by atoms with E-state index in [1.165, 1.54) is 6.20 Å². The summed E-state index contributed by atoms with van der Waals surface area (Å²) in [5, 5.41) is 5.20. The minimum Gasteiger partial charge on any atom is -0.353 e. The molecular weight excluding hydrogens is 602 g/mol. The van der Waals surface area contributed by atoms with E-state index in [4.69, 9.17) is 23.2 Å². The molecule has 2 aromatic rings. The number of rotatable bonds is 8. The summed E-state index contributed by atoms with van der Waals surface area (Å²) >= 11 is 13.3. The summed E-state index contributed by atoms with van der Waals surface area (Å²) < 4.78 is 39.4. The molecular formula is C26H30Cl2F3N7O2S. The minimum absolute atomic E-state index is 0.115. The van der Waals surface area contributed by atoms with E-state index in [2.05, 4.69) is 30.5 Å². The Morgan fingerprint density at radius 3 is 2.54 bits per heavy atom. The van der Waals surface area contributed by atoms with E-state index >= 15 is 0 Å². The molecule has 1 saturated heterocycles. The molecule has 2 amide bonds. The molecule has 1 aliphatic heterocycles. The number of anilines is 1. The second-order valence-corrected chi connectivity index (χ2v) is 11.1. The van der Waals surface area contributed by atoms with Gasteiger partial charge in [0.1, 0.15) is 21.5 Å². The van der Waals surface area contributed by atoms with Crippen molar-refractivity contribution < 1.29 is 22.8 Å². The number of carbonyl (C=O) groups is 2. The summed E-state index contributed by atoms with van der Waals surface area (Å²) in [5.41, 5.74) is -0.847. The fraction of sp³-hybridized carbons (Fsp3) is 0.423. The minimum atomic E-state index is -4.70. The molecule has 0 radical (unpaired) electrons. The third-order valence-electron chi connectivity index (χ3n) is 6.07. The van der Waals surface area contributed by atoms with Crippen LogP contribution in [0.3, 0.4) is 0 Å². The summed E-state index contributed by atoms with van der Waals surface area (Å²) in [7, 11) is 2.04. The number of carbonyl (C=O) groups excluding carboxylic acids is 2. The number of halogens is 5. The molecule has 0 spiro atoms. The Bertz CT molecular complexity index is 1350. The predicted molar refractivity (Wildman–Crippen MR) is 155 cm³/mol. The second kappa shape index (κ2) is 14.3. The van der Waals surface area contributed by atoms with E-state index < -0.39 is 34.6 Å². The third-order valence-corrected chi connectivity index (χ3v) is 8.01. The molecule has 222 valence electrons. The number of hydrogen-bond donors (Lipinski definition) is 2. The number of nitrogens with zero attached hydrogens (tertiary/aromatic N) is 5. The fourth-order valence-electron chi connectivity index (χ4n) is 3.65. The van der Waals surface area contributed by atoms with Crippen LogP contribution < -0.4 is 10.6 Å². The first-order chi connectivity index (χ1) is 19.3. The molecule has 0 aromatic carbocycles. The zero-order valence-corrected chi connectivity index (χ0v) is 25.2. The average molecular weight is 633 g/mol. The zero-order chi connectivity index (χ0) is 30.3. The summed E-state index contributed by atoms with van der Waals surface area (Å²) in [6.45, 7) is 8.38. The Morgan fingerprint density at radius 2 is 1.90 bits per heavy atom. The van der Waals surface area contributed by atoms with Crippen molar-refractivity contribution in [2.24, 2.45) is 4.99 Å². The highest BCUT2D eigenvalue weighted by Crippen LogP contribution is 2.35. The Balaban J connectivity index is 1.71. The van der Waals surface area contributed by atoms with Gasteiger partial charge in [-0.05, 0) is 33.4 Å². The van der Waals surface area contributed by atoms with Gasteiger partial charge >= 0.3 is 6.18 Å². The lowest BCUT2D eigenvalue weighted by Gasteiger charge is -2.34. The molecule has 1 atom stereocenters. The number of nitrogens with one attached hydrogen (secondary N) is 2. The number of pyridine rings is 1. The number of alkyl halides is 3. The van der Waals surface area contributed by atoms with Crippen molar-refractivity contribution >= 4 is 58.0 Å². The molecule has 2 N–H and O–H groups in total. The van der Waals surface area contributed by atoms with Crippen molar-refractivity contribution in [1.29, 1.82) is 0 Å². The Morgan fingerprint density at radius 1 is 1.22 bits per heavy atom. The second-order valence-electron chi connectivity index (χ2n) is 9.23. The lowest BCUT2D eigenvalue weighted by molar-refractivity contribution is -0.137. The molecule has 1 fully saturated rings. The largest absolute Gasteiger partial charge is 0.418 e. The van der Waals surface area contributed by atoms with Gasteiger partial charge in [-0.15, -0.1) is 11.3 Å². The lowest BCUT2D eigenvalue weighted by atomic mass is 10.2. The van der Waals surface area contributed by atoms with E-state index in [1.807, 2.05) is 24.9 Å². The maximum atomic E-state index is 13.1. The van der Waals surface area contributed by atoms with Gasteiger partial charge in [-0.2, -0.15) is 13.2 Å². The topological polar surface area (TPSA) is 103 Å². The van der Waals surface area contributed by atoms with Gasteiger partial charge < -0.3 is 20.4 Å². The van der Waals surface area contributed by atoms with Crippen molar-refractivity contribution in [3.8, 4) is 0 Å². The van der Waals surface area contributed by atoms with Gasteiger partial charge in [0.25, 0.3) is 5.91 Å². The van der Waals surface area contributed by atoms with Crippen LogP contribution in [0, 0.1) is 0 Å². The van der Waals surface area contributed by atoms with E-state index in [9.17, 15) is 22.8 Å². The van der Waals surface area contributed by atoms with Crippen LogP contribution in [0.5, 0.6) is 0 Å². The highest BCUT2D eigenvalue weighted by atomic mass is 35.5. The molecule has 9 nitrogen and oxygen atoms in total. The van der Waals surface area contributed by atoms with Crippen molar-refractivity contribution in [3.63, 3.8) is 0 Å². The van der Waals surface area contributed by atoms with Crippen LogP contribution in [0.15, 0.2) is 46.3 Å². The average Bonchev–Trinajstić information content (AvgIpc) is 3.42. The maximum Gasteiger partial charge on any atom is 0.418 e. The van der Waals surface area contributed by atoms with Gasteiger partial charge in [0, 0.05) is 44.1 Å². The summed E-state index contributed by atoms with van der Waals surface area (Å²) in [6, 6.07) is 0.0599. The van der Waals surface area contributed by atoms with E-state index in [-0.39, 0.29) is 21.3 Å². The number of amides is 2. The Hall–Kier alpha value is -3.00. The van der Waals surface area contributed by atoms with Gasteiger partial charge in [0.15, 0.2) is 0 Å². The smallest absolute Gasteiger partial charge is 0.353 e. The van der Waals surface area contributed by atoms with Crippen LogP contribution in [-0.2, 0) is 11.0 Å². The molecule has 1 unspecified atom stereocenters. The molecule has 3 rings (SSSR count). The molecule has 41 heavy (non-hydrogen) atoms. The number of likely N-dealkylation sites (N-methyl/N-ethyl adjacent to an activating group) is 1. The molecule has 0 bridgehead atoms. The van der Waals surface area contributed by atoms with Gasteiger partial charge in [0.2, 0.25) is 5.91 Å². The zero-order valence-electron chi connectivity index (χ0n) is 22.9. The van der Waals surface area contributed by atoms with Crippen LogP contribution in [0.4, 0.5) is 19.0 Å². The van der Waals surface area contributed by atoms with Crippen LogP contribution in [0.1, 0.15) is 53.5 Å². The van der Waals surface area contributed by atoms with Crippen molar-refractivity contribution in [1.82, 2.24) is 25.1 Å². The monoisotopic (exact) mass is 631 g/mol. The lowest BCUT2D eigenvalue weighted by Crippen LogP contribution is -2.47. The molecule has 15 heteroatoms. The van der Waals surface area contributed by atoms with Gasteiger partial charge in [0.05, 0.1) is 27.9 Å². The molecule has 1 aliphatic rings. The number of aliphatic imine (C=N–C) groups is 1. The van der Waals surface area contributed by atoms with E-state index in [0.717, 1.165) is 37.0 Å². The van der Waals surface area contributed by atoms with Crippen molar-refractivity contribution in [2.45, 2.75) is 39.4 Å². The first-order valence-electron chi connectivity index (χ1n) is 12.7. The van der Waals surface area contributed by atoms with Crippen molar-refractivity contribution in [2.75, 3.05) is 38.5 Å². The van der Waals surface area contributed by atoms with Gasteiger partial charge in [-0.1, -0.05) is 36.2 Å². The molecule has 0 aliphatic carbocycles. The predicted octanol–water partition coefficient (Wildman–Crippen LogP) is 5.72. The van der Waals surface area contributed by atoms with E-state index in [1.54, 1.807) is 20.0 Å². The SMILES string of the molecule is CC/C=C/N=C(\C(Cl)=C(/C)C(=O)NC(C)c1ncc(C(=O)Nc2cc(C(F)(F)F)c(Cl)cn2)s1)N1CCN(C)CC1. The molecule has 2 aromatic heterocycles. The molecule has 3 heterocycles. The summed E-state index contributed by atoms with van der Waals surface area (Å²) in [6.07, 6.45) is 1.75. The first kappa shape index (κ1) is 32.5. The van der Waals surface area contributed by atoms with Crippen LogP contribution in [-0.4, -0.2) is 70.6 Å². The highest BCUT2D eigenvalue weighted by Gasteiger charge is 2.34. The number of amidine groups is 1. The highest BCUT2D eigenvalue weighted by molar-refractivity contribution is 7.13. The quantitative estimate of drug-likeness (QED) is 0.219. The molecule has 0 saturated carbocycles. The number of allylic oxidation sites excluding steroid dienone is 1. The number of piperazine rings is 1. The summed E-state index contributed by atoms with van der Waals surface area (Å²) in [4.78, 5) is 42.5. The van der Waals surface area contributed by atoms with Crippen LogP contribution in [0.2, 0.25) is 5.02 Å². The van der Waals surface area contributed by atoms with Crippen LogP contribution >= 0.6 is 34.5 Å². The van der Waals surface area contributed by atoms with Gasteiger partial charge in [-0.3, -0.25) is 9.59 Å². The van der Waals surface area contributed by atoms with E-state index in [0.29, 0.717) is 30.0 Å². The third kappa shape index (κ3) is 8.74. The summed E-state index contributed by atoms with van der Waals surface area (Å²) in [5.74, 6) is -0.940. The first-order valence-corrected chi connectivity index (χ1v) is 14.2. The normalized spacial score (nSPS) is 16.5. The number of hydrogen-bond acceptors (Lipinski definition) is 7. The number of aromatic nitrogens is 2. The fourth-order valence-corrected chi connectivity index (χ4v) is 4.93. The van der Waals surface area contributed by atoms with Crippen molar-refractivity contribution in [3.05, 3.63) is 61.8 Å². The van der Waals surface area contributed by atoms with Crippen LogP contribution in [0.25, 0.3) is 0 Å². The Labute approximate surface area is 250 Å². The Kier molecular flexibility index (Phi) is 11.3. The standard InChI is InChI=1S/C26H30Cl2F3N7O2S/c1-5-6-7-32-22(38-10-8-37(4)9-11-38)21(28)15(2)23(39)35-16(3)25-34-14-19(41-25)24(40)36-20-12-17(26(29,30)31)18(27)13-33-20/h6-7,12-14,16H,5,8-11H2,1-4H3,(H,35,39)(H,33,36,40)/b7-6+,21-15-,32-22+. The number of thiazole rings is 1. The maximum absolute atomic E-state index is 13.1.